The summed E-state index contributed by atoms with van der Waals surface area (Å²) in [5.74, 6) is -0.482. The van der Waals surface area contributed by atoms with Gasteiger partial charge < -0.3 is 9.32 Å². The van der Waals surface area contributed by atoms with Gasteiger partial charge in [0.25, 0.3) is 5.91 Å². The second-order valence-electron chi connectivity index (χ2n) is 7.46. The number of aryl methyl sites for hydroxylation is 1. The Morgan fingerprint density at radius 3 is 2.66 bits per heavy atom. The third-order valence-corrected chi connectivity index (χ3v) is 5.51. The van der Waals surface area contributed by atoms with Gasteiger partial charge in [-0.1, -0.05) is 48.0 Å². The normalized spacial score (nSPS) is 13.1. The van der Waals surface area contributed by atoms with Crippen LogP contribution < -0.4 is 10.7 Å². The Hall–Kier alpha value is -3.60. The van der Waals surface area contributed by atoms with Gasteiger partial charge in [-0.05, 0) is 48.7 Å². The Labute approximate surface area is 167 Å². The van der Waals surface area contributed by atoms with Gasteiger partial charge in [0, 0.05) is 17.8 Å². The van der Waals surface area contributed by atoms with Crippen LogP contribution in [0.1, 0.15) is 27.0 Å². The molecular formula is C24H20N2O3. The predicted molar refractivity (Wildman–Crippen MR) is 113 cm³/mol. The monoisotopic (exact) mass is 384 g/mol. The largest absolute Gasteiger partial charge is 0.420 e. The molecular weight excluding hydrogens is 364 g/mol. The van der Waals surface area contributed by atoms with Gasteiger partial charge in [-0.3, -0.25) is 9.36 Å². The quantitative estimate of drug-likeness (QED) is 0.533. The molecule has 5 heteroatoms. The highest BCUT2D eigenvalue weighted by atomic mass is 16.4. The van der Waals surface area contributed by atoms with E-state index < -0.39 is 5.76 Å². The van der Waals surface area contributed by atoms with Gasteiger partial charge in [0.05, 0.1) is 12.1 Å². The molecule has 0 atom stereocenters. The van der Waals surface area contributed by atoms with E-state index in [-0.39, 0.29) is 5.91 Å². The third kappa shape index (κ3) is 3.05. The lowest BCUT2D eigenvalue weighted by Gasteiger charge is -2.17. The maximum absolute atomic E-state index is 13.2. The van der Waals surface area contributed by atoms with E-state index in [9.17, 15) is 9.59 Å². The first-order valence-corrected chi connectivity index (χ1v) is 9.69. The Morgan fingerprint density at radius 2 is 1.83 bits per heavy atom. The fraction of sp³-hybridized carbons (Fsp3) is 0.167. The Balaban J connectivity index is 1.52. The van der Waals surface area contributed by atoms with E-state index in [4.69, 9.17) is 4.42 Å². The summed E-state index contributed by atoms with van der Waals surface area (Å²) in [6.07, 6.45) is 0.855. The molecule has 5 rings (SSSR count). The molecule has 0 radical (unpaired) electrons. The number of para-hydroxylation sites is 1. The smallest absolute Gasteiger partial charge is 0.408 e. The topological polar surface area (TPSA) is 55.5 Å². The van der Waals surface area contributed by atoms with Crippen LogP contribution >= 0.6 is 0 Å². The minimum Gasteiger partial charge on any atom is -0.408 e. The summed E-state index contributed by atoms with van der Waals surface area (Å²) in [7, 11) is 0. The standard InChI is InChI=1S/C24H20N2O3/c1-16-6-8-17(9-7-16)15-26-21-14-19(10-11-22(21)29-24(26)28)23(27)25-13-12-18-4-2-3-5-20(18)25/h2-11,14H,12-13,15H2,1H3. The molecule has 0 saturated heterocycles. The van der Waals surface area contributed by atoms with Crippen molar-refractivity contribution in [1.29, 1.82) is 0 Å². The van der Waals surface area contributed by atoms with E-state index in [1.165, 1.54) is 5.56 Å². The fourth-order valence-electron chi connectivity index (χ4n) is 3.93. The molecule has 1 amide bonds. The molecule has 1 aromatic heterocycles. The SMILES string of the molecule is Cc1ccc(Cn2c(=O)oc3ccc(C(=O)N4CCc5ccccc54)cc32)cc1. The maximum atomic E-state index is 13.2. The first-order chi connectivity index (χ1) is 14.1. The van der Waals surface area contributed by atoms with Crippen molar-refractivity contribution in [3.05, 3.63) is 99.5 Å². The molecule has 3 aromatic carbocycles. The molecule has 0 bridgehead atoms. The van der Waals surface area contributed by atoms with Crippen molar-refractivity contribution >= 4 is 22.7 Å². The van der Waals surface area contributed by atoms with E-state index in [2.05, 4.69) is 6.07 Å². The summed E-state index contributed by atoms with van der Waals surface area (Å²) in [6.45, 7) is 3.09. The van der Waals surface area contributed by atoms with Crippen molar-refractivity contribution in [2.75, 3.05) is 11.4 Å². The Bertz CT molecular complexity index is 1280. The van der Waals surface area contributed by atoms with E-state index in [0.29, 0.717) is 29.8 Å². The predicted octanol–water partition coefficient (Wildman–Crippen LogP) is 4.15. The van der Waals surface area contributed by atoms with Crippen molar-refractivity contribution in [1.82, 2.24) is 4.57 Å². The Morgan fingerprint density at radius 1 is 1.03 bits per heavy atom. The Kier molecular flexibility index (Phi) is 4.09. The van der Waals surface area contributed by atoms with Gasteiger partial charge >= 0.3 is 5.76 Å². The average Bonchev–Trinajstić information content (AvgIpc) is 3.30. The van der Waals surface area contributed by atoms with Gasteiger partial charge in [0.15, 0.2) is 5.58 Å². The molecule has 1 aliphatic rings. The highest BCUT2D eigenvalue weighted by Gasteiger charge is 2.25. The number of benzene rings is 3. The summed E-state index contributed by atoms with van der Waals surface area (Å²) in [6, 6.07) is 21.2. The fourth-order valence-corrected chi connectivity index (χ4v) is 3.93. The molecule has 144 valence electrons. The molecule has 1 aliphatic heterocycles. The van der Waals surface area contributed by atoms with Crippen LogP contribution in [0, 0.1) is 6.92 Å². The molecule has 5 nitrogen and oxygen atoms in total. The number of hydrogen-bond donors (Lipinski definition) is 0. The van der Waals surface area contributed by atoms with E-state index in [0.717, 1.165) is 23.2 Å². The van der Waals surface area contributed by atoms with Crippen LogP contribution in [0.25, 0.3) is 11.1 Å². The van der Waals surface area contributed by atoms with E-state index >= 15 is 0 Å². The molecule has 0 saturated carbocycles. The van der Waals surface area contributed by atoms with Crippen molar-refractivity contribution in [2.45, 2.75) is 19.9 Å². The molecule has 0 aliphatic carbocycles. The average molecular weight is 384 g/mol. The summed E-state index contributed by atoms with van der Waals surface area (Å²) in [4.78, 5) is 27.4. The zero-order valence-corrected chi connectivity index (χ0v) is 16.1. The molecule has 0 unspecified atom stereocenters. The van der Waals surface area contributed by atoms with Crippen LogP contribution in [-0.4, -0.2) is 17.0 Å². The molecule has 4 aromatic rings. The van der Waals surface area contributed by atoms with Gasteiger partial charge in [-0.25, -0.2) is 4.79 Å². The minimum absolute atomic E-state index is 0.0626. The van der Waals surface area contributed by atoms with Crippen molar-refractivity contribution in [3.63, 3.8) is 0 Å². The van der Waals surface area contributed by atoms with E-state index in [1.807, 2.05) is 49.4 Å². The number of carbonyl (C=O) groups is 1. The number of amides is 1. The zero-order valence-electron chi connectivity index (χ0n) is 16.1. The van der Waals surface area contributed by atoms with Crippen LogP contribution in [0.2, 0.25) is 0 Å². The highest BCUT2D eigenvalue weighted by molar-refractivity contribution is 6.08. The number of nitrogens with zero attached hydrogens (tertiary/aromatic N) is 2. The van der Waals surface area contributed by atoms with Crippen LogP contribution in [0.3, 0.4) is 0 Å². The lowest BCUT2D eigenvalue weighted by Crippen LogP contribution is -2.28. The number of hydrogen-bond acceptors (Lipinski definition) is 3. The third-order valence-electron chi connectivity index (χ3n) is 5.51. The number of fused-ring (bicyclic) bond motifs is 2. The van der Waals surface area contributed by atoms with Gasteiger partial charge in [0.1, 0.15) is 0 Å². The van der Waals surface area contributed by atoms with Gasteiger partial charge in [-0.15, -0.1) is 0 Å². The lowest BCUT2D eigenvalue weighted by atomic mass is 10.1. The van der Waals surface area contributed by atoms with Crippen LogP contribution in [0.4, 0.5) is 5.69 Å². The summed E-state index contributed by atoms with van der Waals surface area (Å²) in [5, 5.41) is 0. The van der Waals surface area contributed by atoms with Crippen LogP contribution in [0.15, 0.2) is 75.9 Å². The molecule has 0 N–H and O–H groups in total. The maximum Gasteiger partial charge on any atom is 0.420 e. The number of oxazole rings is 1. The number of carbonyl (C=O) groups excluding carboxylic acids is 1. The van der Waals surface area contributed by atoms with Crippen molar-refractivity contribution in [3.8, 4) is 0 Å². The lowest BCUT2D eigenvalue weighted by molar-refractivity contribution is 0.0989. The summed E-state index contributed by atoms with van der Waals surface area (Å²) >= 11 is 0. The summed E-state index contributed by atoms with van der Waals surface area (Å²) < 4.78 is 6.97. The van der Waals surface area contributed by atoms with Crippen molar-refractivity contribution < 1.29 is 9.21 Å². The second-order valence-corrected chi connectivity index (χ2v) is 7.46. The molecule has 29 heavy (non-hydrogen) atoms. The highest BCUT2D eigenvalue weighted by Crippen LogP contribution is 2.29. The molecule has 2 heterocycles. The van der Waals surface area contributed by atoms with Crippen LogP contribution in [-0.2, 0) is 13.0 Å². The van der Waals surface area contributed by atoms with Gasteiger partial charge in [-0.2, -0.15) is 0 Å². The van der Waals surface area contributed by atoms with E-state index in [1.54, 1.807) is 27.7 Å². The first kappa shape index (κ1) is 17.5. The molecule has 0 fully saturated rings. The minimum atomic E-state index is -0.420. The zero-order chi connectivity index (χ0) is 20.0. The number of rotatable bonds is 3. The van der Waals surface area contributed by atoms with Gasteiger partial charge in [0.2, 0.25) is 0 Å². The summed E-state index contributed by atoms with van der Waals surface area (Å²) in [5.41, 5.74) is 5.98. The number of anilines is 1. The first-order valence-electron chi connectivity index (χ1n) is 9.69. The van der Waals surface area contributed by atoms with Crippen LogP contribution in [0.5, 0.6) is 0 Å². The van der Waals surface area contributed by atoms with Crippen molar-refractivity contribution in [2.24, 2.45) is 0 Å². The second kappa shape index (κ2) is 6.78. The number of aromatic nitrogens is 1. The molecule has 0 spiro atoms.